The summed E-state index contributed by atoms with van der Waals surface area (Å²) in [6, 6.07) is 15.9. The Morgan fingerprint density at radius 1 is 1.08 bits per heavy atom. The first-order valence-electron chi connectivity index (χ1n) is 9.95. The van der Waals surface area contributed by atoms with Gasteiger partial charge in [-0.15, -0.1) is 0 Å². The van der Waals surface area contributed by atoms with Crippen molar-refractivity contribution < 1.29 is 9.15 Å². The average Bonchev–Trinajstić information content (AvgIpc) is 3.43. The number of rotatable bonds is 4. The number of ether oxygens (including phenoxy) is 1. The highest BCUT2D eigenvalue weighted by Gasteiger charge is 2.51. The smallest absolute Gasteiger partial charge is 0.117 e. The molecule has 0 N–H and O–H groups in total. The summed E-state index contributed by atoms with van der Waals surface area (Å²) < 4.78 is 11.3. The van der Waals surface area contributed by atoms with Gasteiger partial charge in [0.2, 0.25) is 0 Å². The van der Waals surface area contributed by atoms with Crippen LogP contribution in [0.1, 0.15) is 24.2 Å². The number of hydrogen-bond acceptors (Lipinski definition) is 4. The average molecular weight is 352 g/mol. The fourth-order valence-electron chi connectivity index (χ4n) is 5.44. The van der Waals surface area contributed by atoms with Gasteiger partial charge >= 0.3 is 0 Å². The van der Waals surface area contributed by atoms with Crippen LogP contribution in [0.3, 0.4) is 0 Å². The highest BCUT2D eigenvalue weighted by atomic mass is 16.5. The first-order valence-corrected chi connectivity index (χ1v) is 9.95. The molecule has 2 aromatic rings. The summed E-state index contributed by atoms with van der Waals surface area (Å²) >= 11 is 0. The van der Waals surface area contributed by atoms with E-state index in [0.717, 1.165) is 38.6 Å². The molecular formula is C22H28N2O2. The minimum Gasteiger partial charge on any atom is -0.468 e. The molecule has 0 saturated carbocycles. The highest BCUT2D eigenvalue weighted by Crippen LogP contribution is 2.46. The molecular weight excluding hydrogens is 324 g/mol. The Morgan fingerprint density at radius 2 is 2.00 bits per heavy atom. The lowest BCUT2D eigenvalue weighted by molar-refractivity contribution is 0.0740. The predicted octanol–water partition coefficient (Wildman–Crippen LogP) is 3.14. The van der Waals surface area contributed by atoms with Crippen molar-refractivity contribution in [2.75, 3.05) is 39.4 Å². The summed E-state index contributed by atoms with van der Waals surface area (Å²) in [6.45, 7) is 7.44. The molecule has 0 spiro atoms. The molecule has 0 radical (unpaired) electrons. The SMILES string of the molecule is c1ccc([C@]23CCN([C@H]4CCOC4)C[C@H]2CN(Cc2ccco2)C3)cc1. The molecule has 26 heavy (non-hydrogen) atoms. The number of hydrogen-bond donors (Lipinski definition) is 0. The molecule has 0 bridgehead atoms. The summed E-state index contributed by atoms with van der Waals surface area (Å²) in [4.78, 5) is 5.31. The van der Waals surface area contributed by atoms with Crippen molar-refractivity contribution >= 4 is 0 Å². The molecule has 0 amide bonds. The van der Waals surface area contributed by atoms with Gasteiger partial charge in [-0.3, -0.25) is 9.80 Å². The third kappa shape index (κ3) is 2.90. The standard InChI is InChI=1S/C22H28N2O2/c1-2-5-18(6-3-1)22-9-10-24(20-8-12-25-16-20)14-19(22)13-23(17-22)15-21-7-4-11-26-21/h1-7,11,19-20H,8-10,12-17H2/t19-,20+,22-/m1/s1. The van der Waals surface area contributed by atoms with Gasteiger partial charge in [-0.25, -0.2) is 0 Å². The lowest BCUT2D eigenvalue weighted by Gasteiger charge is -2.45. The van der Waals surface area contributed by atoms with Crippen molar-refractivity contribution in [3.63, 3.8) is 0 Å². The van der Waals surface area contributed by atoms with E-state index < -0.39 is 0 Å². The van der Waals surface area contributed by atoms with E-state index in [-0.39, 0.29) is 5.41 Å². The van der Waals surface area contributed by atoms with E-state index in [9.17, 15) is 0 Å². The largest absolute Gasteiger partial charge is 0.468 e. The third-order valence-electron chi connectivity index (χ3n) is 6.80. The van der Waals surface area contributed by atoms with Gasteiger partial charge in [-0.1, -0.05) is 30.3 Å². The molecule has 4 heteroatoms. The van der Waals surface area contributed by atoms with Crippen molar-refractivity contribution in [2.24, 2.45) is 5.92 Å². The van der Waals surface area contributed by atoms with Crippen molar-refractivity contribution in [1.29, 1.82) is 0 Å². The van der Waals surface area contributed by atoms with Crippen molar-refractivity contribution in [2.45, 2.75) is 30.8 Å². The molecule has 3 saturated heterocycles. The Bertz CT molecular complexity index is 711. The van der Waals surface area contributed by atoms with Gasteiger partial charge in [0, 0.05) is 37.7 Å². The maximum absolute atomic E-state index is 5.66. The van der Waals surface area contributed by atoms with Crippen LogP contribution >= 0.6 is 0 Å². The van der Waals surface area contributed by atoms with E-state index in [0.29, 0.717) is 12.0 Å². The number of fused-ring (bicyclic) bond motifs is 1. The zero-order valence-electron chi connectivity index (χ0n) is 15.3. The zero-order valence-corrected chi connectivity index (χ0v) is 15.3. The zero-order chi connectivity index (χ0) is 17.4. The number of piperidine rings is 1. The topological polar surface area (TPSA) is 28.9 Å². The highest BCUT2D eigenvalue weighted by molar-refractivity contribution is 5.30. The summed E-state index contributed by atoms with van der Waals surface area (Å²) in [5, 5.41) is 0. The second-order valence-electron chi connectivity index (χ2n) is 8.23. The van der Waals surface area contributed by atoms with Crippen LogP contribution in [0.15, 0.2) is 53.1 Å². The molecule has 3 fully saturated rings. The van der Waals surface area contributed by atoms with Gasteiger partial charge in [0.15, 0.2) is 0 Å². The quantitative estimate of drug-likeness (QED) is 0.845. The van der Waals surface area contributed by atoms with E-state index in [2.05, 4.69) is 46.2 Å². The van der Waals surface area contributed by atoms with Gasteiger partial charge < -0.3 is 9.15 Å². The molecule has 138 valence electrons. The fourth-order valence-corrected chi connectivity index (χ4v) is 5.44. The first-order chi connectivity index (χ1) is 12.8. The minimum atomic E-state index is 0.282. The molecule has 4 nitrogen and oxygen atoms in total. The normalized spacial score (nSPS) is 32.8. The monoisotopic (exact) mass is 352 g/mol. The van der Waals surface area contributed by atoms with Crippen molar-refractivity contribution in [3.05, 3.63) is 60.1 Å². The molecule has 3 aliphatic heterocycles. The molecule has 1 aromatic heterocycles. The fraction of sp³-hybridized carbons (Fsp3) is 0.545. The van der Waals surface area contributed by atoms with Gasteiger partial charge in [0.25, 0.3) is 0 Å². The number of benzene rings is 1. The Hall–Kier alpha value is -1.62. The Morgan fingerprint density at radius 3 is 2.77 bits per heavy atom. The maximum Gasteiger partial charge on any atom is 0.117 e. The molecule has 0 aliphatic carbocycles. The van der Waals surface area contributed by atoms with Crippen LogP contribution in [0, 0.1) is 5.92 Å². The maximum atomic E-state index is 5.66. The van der Waals surface area contributed by atoms with Crippen LogP contribution < -0.4 is 0 Å². The summed E-state index contributed by atoms with van der Waals surface area (Å²) in [5.41, 5.74) is 1.80. The van der Waals surface area contributed by atoms with Crippen LogP contribution in [0.25, 0.3) is 0 Å². The first kappa shape index (κ1) is 16.5. The predicted molar refractivity (Wildman–Crippen MR) is 101 cm³/mol. The summed E-state index contributed by atoms with van der Waals surface area (Å²) in [5.74, 6) is 1.75. The van der Waals surface area contributed by atoms with Crippen LogP contribution in [0.2, 0.25) is 0 Å². The van der Waals surface area contributed by atoms with Gasteiger partial charge in [-0.2, -0.15) is 0 Å². The van der Waals surface area contributed by atoms with Crippen LogP contribution in [0.5, 0.6) is 0 Å². The van der Waals surface area contributed by atoms with Gasteiger partial charge in [0.1, 0.15) is 5.76 Å². The Balaban J connectivity index is 1.40. The Labute approximate surface area is 155 Å². The van der Waals surface area contributed by atoms with Crippen LogP contribution in [-0.2, 0) is 16.7 Å². The lowest BCUT2D eigenvalue weighted by Crippen LogP contribution is -2.52. The van der Waals surface area contributed by atoms with E-state index in [4.69, 9.17) is 9.15 Å². The second kappa shape index (κ2) is 6.84. The summed E-state index contributed by atoms with van der Waals surface area (Å²) in [6.07, 6.45) is 4.22. The summed E-state index contributed by atoms with van der Waals surface area (Å²) in [7, 11) is 0. The lowest BCUT2D eigenvalue weighted by atomic mass is 9.67. The van der Waals surface area contributed by atoms with Crippen LogP contribution in [0.4, 0.5) is 0 Å². The van der Waals surface area contributed by atoms with Crippen LogP contribution in [-0.4, -0.2) is 55.2 Å². The molecule has 0 unspecified atom stereocenters. The second-order valence-corrected chi connectivity index (χ2v) is 8.23. The van der Waals surface area contributed by atoms with E-state index >= 15 is 0 Å². The number of furan rings is 1. The molecule has 5 rings (SSSR count). The molecule has 1 aromatic carbocycles. The van der Waals surface area contributed by atoms with Crippen molar-refractivity contribution in [3.8, 4) is 0 Å². The van der Waals surface area contributed by atoms with Gasteiger partial charge in [0.05, 0.1) is 19.4 Å². The van der Waals surface area contributed by atoms with E-state index in [1.165, 1.54) is 31.5 Å². The minimum absolute atomic E-state index is 0.282. The molecule has 3 atom stereocenters. The van der Waals surface area contributed by atoms with Gasteiger partial charge in [-0.05, 0) is 43.0 Å². The molecule has 3 aliphatic rings. The van der Waals surface area contributed by atoms with E-state index in [1.54, 1.807) is 6.26 Å². The van der Waals surface area contributed by atoms with Crippen molar-refractivity contribution in [1.82, 2.24) is 9.80 Å². The van der Waals surface area contributed by atoms with E-state index in [1.807, 2.05) is 6.07 Å². The number of likely N-dealkylation sites (tertiary alicyclic amines) is 2. The third-order valence-corrected chi connectivity index (χ3v) is 6.80. The Kier molecular flexibility index (Phi) is 4.35. The molecule has 4 heterocycles. The number of nitrogens with zero attached hydrogens (tertiary/aromatic N) is 2.